The molecule has 0 saturated carbocycles. The Morgan fingerprint density at radius 2 is 2.00 bits per heavy atom. The third kappa shape index (κ3) is 2.60. The summed E-state index contributed by atoms with van der Waals surface area (Å²) >= 11 is 0. The smallest absolute Gasteiger partial charge is 0.328 e. The number of aliphatic carboxylic acids is 1. The summed E-state index contributed by atoms with van der Waals surface area (Å²) in [5.74, 6) is -0.703. The van der Waals surface area contributed by atoms with Crippen LogP contribution in [0.15, 0.2) is 36.4 Å². The van der Waals surface area contributed by atoms with E-state index in [9.17, 15) is 9.90 Å². The van der Waals surface area contributed by atoms with Crippen LogP contribution in [-0.2, 0) is 11.2 Å². The van der Waals surface area contributed by atoms with E-state index in [0.717, 1.165) is 33.9 Å². The van der Waals surface area contributed by atoms with Gasteiger partial charge >= 0.3 is 5.97 Å². The molecule has 0 fully saturated rings. The number of benzene rings is 2. The predicted molar refractivity (Wildman–Crippen MR) is 76.3 cm³/mol. The number of aromatic hydroxyl groups is 1. The van der Waals surface area contributed by atoms with Crippen LogP contribution in [0.3, 0.4) is 0 Å². The second kappa shape index (κ2) is 5.14. The number of fused-ring (bicyclic) bond motifs is 1. The highest BCUT2D eigenvalue weighted by Crippen LogP contribution is 2.29. The molecule has 0 aliphatic heterocycles. The van der Waals surface area contributed by atoms with Crippen LogP contribution in [0.4, 0.5) is 0 Å². The van der Waals surface area contributed by atoms with Crippen LogP contribution >= 0.6 is 0 Å². The van der Waals surface area contributed by atoms with Crippen molar-refractivity contribution in [2.45, 2.75) is 20.3 Å². The summed E-state index contributed by atoms with van der Waals surface area (Å²) in [5.41, 5.74) is 2.79. The van der Waals surface area contributed by atoms with E-state index in [4.69, 9.17) is 5.11 Å². The molecule has 2 rings (SSSR count). The molecule has 2 aromatic rings. The monoisotopic (exact) mass is 256 g/mol. The summed E-state index contributed by atoms with van der Waals surface area (Å²) in [6.45, 7) is 3.84. The number of hydrogen-bond acceptors (Lipinski definition) is 2. The van der Waals surface area contributed by atoms with Gasteiger partial charge in [0.15, 0.2) is 0 Å². The van der Waals surface area contributed by atoms with Crippen LogP contribution in [0.1, 0.15) is 25.0 Å². The van der Waals surface area contributed by atoms with Crippen molar-refractivity contribution in [3.63, 3.8) is 0 Å². The molecular formula is C16H16O3. The lowest BCUT2D eigenvalue weighted by atomic mass is 9.93. The Morgan fingerprint density at radius 1 is 1.26 bits per heavy atom. The lowest BCUT2D eigenvalue weighted by molar-refractivity contribution is -0.131. The van der Waals surface area contributed by atoms with Gasteiger partial charge in [0.05, 0.1) is 0 Å². The fourth-order valence-electron chi connectivity index (χ4n) is 2.39. The first kappa shape index (κ1) is 13.1. The van der Waals surface area contributed by atoms with E-state index in [1.54, 1.807) is 19.1 Å². The maximum atomic E-state index is 10.8. The molecule has 0 unspecified atom stereocenters. The van der Waals surface area contributed by atoms with Gasteiger partial charge in [-0.05, 0) is 52.9 Å². The van der Waals surface area contributed by atoms with Gasteiger partial charge in [0.1, 0.15) is 5.75 Å². The topological polar surface area (TPSA) is 57.5 Å². The first-order valence-electron chi connectivity index (χ1n) is 6.19. The van der Waals surface area contributed by atoms with E-state index in [0.29, 0.717) is 0 Å². The molecule has 3 nitrogen and oxygen atoms in total. The number of phenolic OH excluding ortho intramolecular Hbond substituents is 1. The van der Waals surface area contributed by atoms with Crippen LogP contribution in [0.5, 0.6) is 5.75 Å². The van der Waals surface area contributed by atoms with Gasteiger partial charge in [-0.3, -0.25) is 0 Å². The number of carbonyl (C=O) groups is 1. The first-order valence-corrected chi connectivity index (χ1v) is 6.19. The number of phenols is 1. The molecule has 2 N–H and O–H groups in total. The summed E-state index contributed by atoms with van der Waals surface area (Å²) in [6, 6.07) is 9.06. The average molecular weight is 256 g/mol. The zero-order chi connectivity index (χ0) is 14.0. The lowest BCUT2D eigenvalue weighted by Crippen LogP contribution is -1.95. The third-order valence-corrected chi connectivity index (χ3v) is 3.23. The minimum absolute atomic E-state index is 0.236. The fraction of sp³-hybridized carbons (Fsp3) is 0.188. The Bertz CT molecular complexity index is 669. The molecule has 19 heavy (non-hydrogen) atoms. The Balaban J connectivity index is 2.70. The summed E-state index contributed by atoms with van der Waals surface area (Å²) in [4.78, 5) is 10.8. The predicted octanol–water partition coefficient (Wildman–Crippen LogP) is 3.60. The maximum Gasteiger partial charge on any atom is 0.328 e. The van der Waals surface area contributed by atoms with Crippen LogP contribution in [-0.4, -0.2) is 16.2 Å². The van der Waals surface area contributed by atoms with Gasteiger partial charge in [0, 0.05) is 6.08 Å². The van der Waals surface area contributed by atoms with E-state index in [-0.39, 0.29) is 5.75 Å². The molecule has 0 spiro atoms. The van der Waals surface area contributed by atoms with E-state index in [1.807, 2.05) is 25.1 Å². The minimum Gasteiger partial charge on any atom is -0.508 e. The molecule has 2 aromatic carbocycles. The largest absolute Gasteiger partial charge is 0.508 e. The standard InChI is InChI=1S/C16H16O3/c1-3-13-14(10(2)8-16(18)19)6-4-11-9-12(17)5-7-15(11)13/h4-9,17H,3H2,1-2H3,(H,18,19)/b10-8+. The zero-order valence-electron chi connectivity index (χ0n) is 11.0. The van der Waals surface area contributed by atoms with Gasteiger partial charge in [-0.25, -0.2) is 4.79 Å². The van der Waals surface area contributed by atoms with Crippen molar-refractivity contribution < 1.29 is 15.0 Å². The van der Waals surface area contributed by atoms with Crippen molar-refractivity contribution in [2.24, 2.45) is 0 Å². The van der Waals surface area contributed by atoms with E-state index in [1.165, 1.54) is 6.08 Å². The Labute approximate surface area is 111 Å². The fourth-order valence-corrected chi connectivity index (χ4v) is 2.39. The van der Waals surface area contributed by atoms with Crippen molar-refractivity contribution in [3.05, 3.63) is 47.5 Å². The van der Waals surface area contributed by atoms with Gasteiger partial charge in [0.25, 0.3) is 0 Å². The minimum atomic E-state index is -0.939. The number of rotatable bonds is 3. The van der Waals surface area contributed by atoms with Crippen molar-refractivity contribution in [2.75, 3.05) is 0 Å². The molecule has 0 radical (unpaired) electrons. The summed E-state index contributed by atoms with van der Waals surface area (Å²) < 4.78 is 0. The Morgan fingerprint density at radius 3 is 2.63 bits per heavy atom. The highest BCUT2D eigenvalue weighted by Gasteiger charge is 2.09. The second-order valence-electron chi connectivity index (χ2n) is 4.52. The molecule has 0 saturated heterocycles. The molecule has 3 heteroatoms. The molecule has 0 amide bonds. The molecule has 0 atom stereocenters. The normalized spacial score (nSPS) is 11.8. The van der Waals surface area contributed by atoms with Gasteiger partial charge in [-0.1, -0.05) is 25.1 Å². The number of carboxylic acid groups (broad SMARTS) is 1. The number of aryl methyl sites for hydroxylation is 1. The first-order chi connectivity index (χ1) is 9.02. The number of hydrogen-bond donors (Lipinski definition) is 2. The summed E-state index contributed by atoms with van der Waals surface area (Å²) in [7, 11) is 0. The summed E-state index contributed by atoms with van der Waals surface area (Å²) in [6.07, 6.45) is 2.03. The number of carboxylic acids is 1. The SMILES string of the molecule is CCc1c(/C(C)=C/C(=O)O)ccc2cc(O)ccc12. The maximum absolute atomic E-state index is 10.8. The van der Waals surface area contributed by atoms with E-state index >= 15 is 0 Å². The highest BCUT2D eigenvalue weighted by atomic mass is 16.4. The van der Waals surface area contributed by atoms with Crippen molar-refractivity contribution >= 4 is 22.3 Å². The molecule has 0 aliphatic rings. The van der Waals surface area contributed by atoms with Gasteiger partial charge in [-0.2, -0.15) is 0 Å². The Hall–Kier alpha value is -2.29. The Kier molecular flexibility index (Phi) is 3.56. The van der Waals surface area contributed by atoms with E-state index in [2.05, 4.69) is 0 Å². The average Bonchev–Trinajstić information content (AvgIpc) is 2.36. The third-order valence-electron chi connectivity index (χ3n) is 3.23. The number of allylic oxidation sites excluding steroid dienone is 1. The molecule has 0 heterocycles. The highest BCUT2D eigenvalue weighted by molar-refractivity contribution is 5.95. The molecular weight excluding hydrogens is 240 g/mol. The van der Waals surface area contributed by atoms with Crippen LogP contribution in [0.2, 0.25) is 0 Å². The molecule has 0 aromatic heterocycles. The molecule has 0 aliphatic carbocycles. The van der Waals surface area contributed by atoms with Crippen molar-refractivity contribution in [1.29, 1.82) is 0 Å². The van der Waals surface area contributed by atoms with Gasteiger partial charge in [0.2, 0.25) is 0 Å². The van der Waals surface area contributed by atoms with E-state index < -0.39 is 5.97 Å². The second-order valence-corrected chi connectivity index (χ2v) is 4.52. The van der Waals surface area contributed by atoms with Gasteiger partial charge in [-0.15, -0.1) is 0 Å². The summed E-state index contributed by atoms with van der Waals surface area (Å²) in [5, 5.41) is 20.4. The zero-order valence-corrected chi connectivity index (χ0v) is 11.0. The van der Waals surface area contributed by atoms with Crippen LogP contribution in [0.25, 0.3) is 16.3 Å². The van der Waals surface area contributed by atoms with Crippen molar-refractivity contribution in [3.8, 4) is 5.75 Å². The molecule has 98 valence electrons. The quantitative estimate of drug-likeness (QED) is 0.825. The van der Waals surface area contributed by atoms with Crippen LogP contribution < -0.4 is 0 Å². The van der Waals surface area contributed by atoms with Crippen molar-refractivity contribution in [1.82, 2.24) is 0 Å². The molecule has 0 bridgehead atoms. The lowest BCUT2D eigenvalue weighted by Gasteiger charge is -2.12. The van der Waals surface area contributed by atoms with Gasteiger partial charge < -0.3 is 10.2 Å². The van der Waals surface area contributed by atoms with Crippen LogP contribution in [0, 0.1) is 0 Å².